The molecular formula is C17H20FN3O2. The summed E-state index contributed by atoms with van der Waals surface area (Å²) in [6.45, 7) is 2.73. The minimum Gasteiger partial charge on any atom is -0.494 e. The molecule has 0 bridgehead atoms. The van der Waals surface area contributed by atoms with E-state index in [1.54, 1.807) is 18.3 Å². The van der Waals surface area contributed by atoms with Crippen LogP contribution in [0.5, 0.6) is 5.75 Å². The number of aryl methyl sites for hydroxylation is 2. The van der Waals surface area contributed by atoms with Crippen LogP contribution in [0, 0.1) is 5.82 Å². The monoisotopic (exact) mass is 317 g/mol. The van der Waals surface area contributed by atoms with Crippen molar-refractivity contribution in [3.05, 3.63) is 47.3 Å². The van der Waals surface area contributed by atoms with Crippen molar-refractivity contribution >= 4 is 5.91 Å². The van der Waals surface area contributed by atoms with Crippen molar-refractivity contribution in [3.8, 4) is 5.75 Å². The third kappa shape index (κ3) is 3.21. The number of carbonyl (C=O) groups excluding carboxylic acids is 1. The van der Waals surface area contributed by atoms with E-state index in [2.05, 4.69) is 10.3 Å². The molecule has 1 atom stereocenters. The summed E-state index contributed by atoms with van der Waals surface area (Å²) < 4.78 is 20.7. The normalized spacial score (nSPS) is 14.9. The first-order valence-electron chi connectivity index (χ1n) is 7.79. The zero-order valence-electron chi connectivity index (χ0n) is 13.3. The second-order valence-corrected chi connectivity index (χ2v) is 5.78. The number of imidazole rings is 1. The van der Waals surface area contributed by atoms with E-state index in [1.807, 2.05) is 11.5 Å². The van der Waals surface area contributed by atoms with Crippen molar-refractivity contribution in [1.82, 2.24) is 14.9 Å². The average molecular weight is 317 g/mol. The van der Waals surface area contributed by atoms with E-state index in [4.69, 9.17) is 4.74 Å². The first kappa shape index (κ1) is 15.5. The van der Waals surface area contributed by atoms with Crippen molar-refractivity contribution < 1.29 is 13.9 Å². The number of hydrogen-bond acceptors (Lipinski definition) is 3. The quantitative estimate of drug-likeness (QED) is 0.943. The van der Waals surface area contributed by atoms with Gasteiger partial charge in [0.2, 0.25) is 0 Å². The number of halogens is 1. The van der Waals surface area contributed by atoms with Crippen molar-refractivity contribution in [2.45, 2.75) is 38.8 Å². The predicted molar refractivity (Wildman–Crippen MR) is 84.0 cm³/mol. The molecule has 6 heteroatoms. The van der Waals surface area contributed by atoms with Crippen molar-refractivity contribution in [2.75, 3.05) is 7.11 Å². The summed E-state index contributed by atoms with van der Waals surface area (Å²) in [5.41, 5.74) is 1.10. The summed E-state index contributed by atoms with van der Waals surface area (Å²) in [5, 5.41) is 2.86. The highest BCUT2D eigenvalue weighted by Gasteiger charge is 2.19. The minimum atomic E-state index is -0.441. The highest BCUT2D eigenvalue weighted by molar-refractivity contribution is 5.92. The van der Waals surface area contributed by atoms with Gasteiger partial charge < -0.3 is 14.6 Å². The maximum Gasteiger partial charge on any atom is 0.271 e. The van der Waals surface area contributed by atoms with Gasteiger partial charge in [0, 0.05) is 19.2 Å². The topological polar surface area (TPSA) is 56.1 Å². The molecule has 5 nitrogen and oxygen atoms in total. The van der Waals surface area contributed by atoms with E-state index in [1.165, 1.54) is 13.2 Å². The van der Waals surface area contributed by atoms with Crippen molar-refractivity contribution in [3.63, 3.8) is 0 Å². The van der Waals surface area contributed by atoms with Gasteiger partial charge in [-0.25, -0.2) is 9.37 Å². The molecule has 1 N–H and O–H groups in total. The number of nitrogens with zero attached hydrogens (tertiary/aromatic N) is 2. The Hall–Kier alpha value is -2.37. The van der Waals surface area contributed by atoms with Crippen LogP contribution in [0.1, 0.15) is 47.7 Å². The Labute approximate surface area is 134 Å². The smallest absolute Gasteiger partial charge is 0.271 e. The Morgan fingerprint density at radius 2 is 2.26 bits per heavy atom. The van der Waals surface area contributed by atoms with Crippen LogP contribution in [0.3, 0.4) is 0 Å². The molecule has 3 rings (SSSR count). The van der Waals surface area contributed by atoms with Gasteiger partial charge in [0.05, 0.1) is 13.2 Å². The fraction of sp³-hybridized carbons (Fsp3) is 0.412. The highest BCUT2D eigenvalue weighted by Crippen LogP contribution is 2.22. The van der Waals surface area contributed by atoms with Gasteiger partial charge in [0.15, 0.2) is 11.6 Å². The van der Waals surface area contributed by atoms with Gasteiger partial charge in [-0.1, -0.05) is 6.07 Å². The Morgan fingerprint density at radius 3 is 2.96 bits per heavy atom. The van der Waals surface area contributed by atoms with Crippen LogP contribution in [0.25, 0.3) is 0 Å². The molecule has 1 aromatic carbocycles. The molecule has 1 unspecified atom stereocenters. The number of ether oxygens (including phenoxy) is 1. The molecule has 23 heavy (non-hydrogen) atoms. The standard InChI is InChI=1S/C17H20FN3O2/c1-11(12-6-7-15(23-2)13(18)9-12)19-17(22)14-10-21-8-4-3-5-16(21)20-14/h6-7,9-11H,3-5,8H2,1-2H3,(H,19,22). The maximum absolute atomic E-state index is 13.8. The fourth-order valence-electron chi connectivity index (χ4n) is 2.83. The molecule has 122 valence electrons. The van der Waals surface area contributed by atoms with Crippen molar-refractivity contribution in [1.29, 1.82) is 0 Å². The SMILES string of the molecule is COc1ccc(C(C)NC(=O)c2cn3c(n2)CCCC3)cc1F. The lowest BCUT2D eigenvalue weighted by molar-refractivity contribution is 0.0935. The summed E-state index contributed by atoms with van der Waals surface area (Å²) in [7, 11) is 1.42. The van der Waals surface area contributed by atoms with Gasteiger partial charge in [-0.05, 0) is 37.5 Å². The van der Waals surface area contributed by atoms with E-state index in [9.17, 15) is 9.18 Å². The third-order valence-corrected chi connectivity index (χ3v) is 4.16. The number of methoxy groups -OCH3 is 1. The van der Waals surface area contributed by atoms with Gasteiger partial charge in [-0.3, -0.25) is 4.79 Å². The minimum absolute atomic E-state index is 0.189. The molecule has 1 aliphatic heterocycles. The van der Waals surface area contributed by atoms with E-state index in [0.717, 1.165) is 31.6 Å². The van der Waals surface area contributed by atoms with Gasteiger partial charge in [0.25, 0.3) is 5.91 Å². The van der Waals surface area contributed by atoms with Gasteiger partial charge >= 0.3 is 0 Å². The number of rotatable bonds is 4. The van der Waals surface area contributed by atoms with Crippen molar-refractivity contribution in [2.24, 2.45) is 0 Å². The number of hydrogen-bond donors (Lipinski definition) is 1. The van der Waals surface area contributed by atoms with Crippen LogP contribution < -0.4 is 10.1 Å². The van der Waals surface area contributed by atoms with E-state index in [0.29, 0.717) is 11.3 Å². The lowest BCUT2D eigenvalue weighted by Gasteiger charge is -2.14. The number of nitrogens with one attached hydrogen (secondary N) is 1. The molecule has 1 aliphatic rings. The summed E-state index contributed by atoms with van der Waals surface area (Å²) in [6.07, 6.45) is 4.93. The van der Waals surface area contributed by atoms with E-state index >= 15 is 0 Å². The maximum atomic E-state index is 13.8. The summed E-state index contributed by atoms with van der Waals surface area (Å²) >= 11 is 0. The fourth-order valence-corrected chi connectivity index (χ4v) is 2.83. The molecule has 1 aromatic heterocycles. The van der Waals surface area contributed by atoms with Crippen LogP contribution in [-0.4, -0.2) is 22.6 Å². The van der Waals surface area contributed by atoms with Gasteiger partial charge in [-0.2, -0.15) is 0 Å². The number of amides is 1. The van der Waals surface area contributed by atoms with Crippen LogP contribution in [0.15, 0.2) is 24.4 Å². The average Bonchev–Trinajstić information content (AvgIpc) is 2.99. The van der Waals surface area contributed by atoms with Crippen LogP contribution >= 0.6 is 0 Å². The molecular weight excluding hydrogens is 297 g/mol. The van der Waals surface area contributed by atoms with Crippen LogP contribution in [0.4, 0.5) is 4.39 Å². The highest BCUT2D eigenvalue weighted by atomic mass is 19.1. The predicted octanol–water partition coefficient (Wildman–Crippen LogP) is 2.86. The molecule has 1 amide bonds. The number of fused-ring (bicyclic) bond motifs is 1. The largest absolute Gasteiger partial charge is 0.494 e. The lowest BCUT2D eigenvalue weighted by Crippen LogP contribution is -2.27. The Morgan fingerprint density at radius 1 is 1.43 bits per heavy atom. The number of carbonyl (C=O) groups is 1. The van der Waals surface area contributed by atoms with E-state index < -0.39 is 5.82 Å². The van der Waals surface area contributed by atoms with Gasteiger partial charge in [-0.15, -0.1) is 0 Å². The zero-order valence-corrected chi connectivity index (χ0v) is 13.3. The molecule has 0 aliphatic carbocycles. The molecule has 0 saturated heterocycles. The second-order valence-electron chi connectivity index (χ2n) is 5.78. The Kier molecular flexibility index (Phi) is 4.32. The Balaban J connectivity index is 1.72. The second kappa shape index (κ2) is 6.40. The lowest BCUT2D eigenvalue weighted by atomic mass is 10.1. The molecule has 0 fully saturated rings. The number of aromatic nitrogens is 2. The first-order chi connectivity index (χ1) is 11.1. The molecule has 2 aromatic rings. The first-order valence-corrected chi connectivity index (χ1v) is 7.79. The summed E-state index contributed by atoms with van der Waals surface area (Å²) in [4.78, 5) is 16.7. The third-order valence-electron chi connectivity index (χ3n) is 4.16. The Bertz CT molecular complexity index is 703. The van der Waals surface area contributed by atoms with Crippen LogP contribution in [0.2, 0.25) is 0 Å². The molecule has 2 heterocycles. The number of benzene rings is 1. The van der Waals surface area contributed by atoms with Crippen LogP contribution in [-0.2, 0) is 13.0 Å². The zero-order chi connectivity index (χ0) is 16.4. The van der Waals surface area contributed by atoms with Gasteiger partial charge in [0.1, 0.15) is 11.5 Å². The molecule has 0 spiro atoms. The summed E-state index contributed by atoms with van der Waals surface area (Å²) in [5.74, 6) is 0.470. The summed E-state index contributed by atoms with van der Waals surface area (Å²) in [6, 6.07) is 4.36. The molecule has 0 radical (unpaired) electrons. The molecule has 0 saturated carbocycles. The van der Waals surface area contributed by atoms with E-state index in [-0.39, 0.29) is 17.7 Å².